The Bertz CT molecular complexity index is 850. The van der Waals surface area contributed by atoms with Crippen molar-refractivity contribution < 1.29 is 0 Å². The third kappa shape index (κ3) is 3.03. The number of aryl methyl sites for hydroxylation is 4. The molecule has 3 nitrogen and oxygen atoms in total. The van der Waals surface area contributed by atoms with E-state index in [9.17, 15) is 0 Å². The summed E-state index contributed by atoms with van der Waals surface area (Å²) in [6, 6.07) is 14.8. The van der Waals surface area contributed by atoms with Crippen LogP contribution in [0.2, 0.25) is 0 Å². The maximum atomic E-state index is 4.30. The molecule has 0 unspecified atom stereocenters. The minimum atomic E-state index is 0.977. The molecular formula is C19H21N3. The van der Waals surface area contributed by atoms with Gasteiger partial charge in [-0.1, -0.05) is 17.7 Å². The van der Waals surface area contributed by atoms with E-state index in [-0.39, 0.29) is 0 Å². The molecule has 22 heavy (non-hydrogen) atoms. The van der Waals surface area contributed by atoms with Crippen molar-refractivity contribution in [2.24, 2.45) is 0 Å². The molecule has 2 heterocycles. The molecule has 4 rings (SSSR count). The number of nitrogens with one attached hydrogen (secondary N) is 2. The van der Waals surface area contributed by atoms with Gasteiger partial charge in [0.1, 0.15) is 5.82 Å². The Morgan fingerprint density at radius 2 is 1.45 bits per heavy atom. The smallest absolute Gasteiger partial charge is 0.104 e. The van der Waals surface area contributed by atoms with Crippen LogP contribution in [-0.4, -0.2) is 15.0 Å². The van der Waals surface area contributed by atoms with Crippen molar-refractivity contribution in [2.45, 2.75) is 27.7 Å². The molecule has 2 N–H and O–H groups in total. The Kier molecular flexibility index (Phi) is 3.72. The number of hydrogen-bond donors (Lipinski definition) is 2. The van der Waals surface area contributed by atoms with Gasteiger partial charge in [-0.3, -0.25) is 0 Å². The molecule has 0 spiro atoms. The average Bonchev–Trinajstić information content (AvgIpc) is 2.99. The molecule has 0 atom stereocenters. The number of nitrogens with zero attached hydrogens (tertiary/aromatic N) is 1. The summed E-state index contributed by atoms with van der Waals surface area (Å²) in [5.74, 6) is 0.977. The zero-order valence-electron chi connectivity index (χ0n) is 13.5. The topological polar surface area (TPSA) is 44.5 Å². The van der Waals surface area contributed by atoms with Crippen molar-refractivity contribution in [3.05, 3.63) is 65.1 Å². The molecule has 0 amide bonds. The molecule has 0 saturated carbocycles. The number of H-pyrrole nitrogens is 2. The van der Waals surface area contributed by atoms with Crippen molar-refractivity contribution in [3.8, 4) is 0 Å². The van der Waals surface area contributed by atoms with E-state index in [1.807, 2.05) is 13.0 Å². The molecular weight excluding hydrogens is 270 g/mol. The number of hydrogen-bond acceptors (Lipinski definition) is 1. The Labute approximate surface area is 130 Å². The first-order chi connectivity index (χ1) is 10.5. The lowest BCUT2D eigenvalue weighted by atomic mass is 10.2. The number of rotatable bonds is 0. The summed E-state index contributed by atoms with van der Waals surface area (Å²) < 4.78 is 0. The molecule has 2 aromatic heterocycles. The molecule has 0 saturated heterocycles. The predicted octanol–water partition coefficient (Wildman–Crippen LogP) is 4.96. The van der Waals surface area contributed by atoms with Crippen LogP contribution >= 0.6 is 0 Å². The van der Waals surface area contributed by atoms with Crippen molar-refractivity contribution in [3.63, 3.8) is 0 Å². The largest absolute Gasteiger partial charge is 0.359 e. The molecule has 4 aromatic rings. The van der Waals surface area contributed by atoms with Gasteiger partial charge in [0, 0.05) is 11.2 Å². The molecule has 0 aliphatic carbocycles. The van der Waals surface area contributed by atoms with E-state index in [2.05, 4.69) is 72.1 Å². The van der Waals surface area contributed by atoms with Gasteiger partial charge >= 0.3 is 0 Å². The first-order valence-corrected chi connectivity index (χ1v) is 7.50. The number of imidazole rings is 1. The summed E-state index contributed by atoms with van der Waals surface area (Å²) in [7, 11) is 0. The summed E-state index contributed by atoms with van der Waals surface area (Å²) in [4.78, 5) is 10.8. The number of aromatic nitrogens is 3. The van der Waals surface area contributed by atoms with E-state index in [4.69, 9.17) is 0 Å². The highest BCUT2D eigenvalue weighted by Crippen LogP contribution is 2.15. The van der Waals surface area contributed by atoms with Crippen LogP contribution in [-0.2, 0) is 0 Å². The van der Waals surface area contributed by atoms with Crippen molar-refractivity contribution in [2.75, 3.05) is 0 Å². The van der Waals surface area contributed by atoms with Crippen molar-refractivity contribution >= 4 is 21.9 Å². The second-order valence-corrected chi connectivity index (χ2v) is 5.89. The van der Waals surface area contributed by atoms with Crippen LogP contribution < -0.4 is 0 Å². The van der Waals surface area contributed by atoms with Gasteiger partial charge in [0.15, 0.2) is 0 Å². The van der Waals surface area contributed by atoms with Crippen LogP contribution in [0.5, 0.6) is 0 Å². The lowest BCUT2D eigenvalue weighted by Gasteiger charge is -1.90. The minimum absolute atomic E-state index is 0.977. The molecule has 0 fully saturated rings. The quantitative estimate of drug-likeness (QED) is 0.472. The van der Waals surface area contributed by atoms with Gasteiger partial charge in [-0.05, 0) is 69.0 Å². The average molecular weight is 291 g/mol. The van der Waals surface area contributed by atoms with E-state index in [1.54, 1.807) is 0 Å². The summed E-state index contributed by atoms with van der Waals surface area (Å²) in [6.45, 7) is 8.24. The fourth-order valence-corrected chi connectivity index (χ4v) is 2.65. The third-order valence-electron chi connectivity index (χ3n) is 3.67. The van der Waals surface area contributed by atoms with E-state index >= 15 is 0 Å². The fourth-order valence-electron chi connectivity index (χ4n) is 2.65. The first-order valence-electron chi connectivity index (χ1n) is 7.50. The monoisotopic (exact) mass is 291 g/mol. The lowest BCUT2D eigenvalue weighted by molar-refractivity contribution is 1.17. The van der Waals surface area contributed by atoms with Gasteiger partial charge in [-0.2, -0.15) is 0 Å². The van der Waals surface area contributed by atoms with Gasteiger partial charge in [0.2, 0.25) is 0 Å². The highest BCUT2D eigenvalue weighted by atomic mass is 14.9. The maximum Gasteiger partial charge on any atom is 0.104 e. The van der Waals surface area contributed by atoms with E-state index in [0.29, 0.717) is 0 Å². The standard InChI is InChI=1S/C10H11N.C9H10N2/c1-7-3-4-10-9(5-7)6-8(2)11-10;1-6-3-4-8-9(5-6)11-7(2)10-8/h3-6,11H,1-2H3;3-5H,1-2H3,(H,10,11). The molecule has 3 heteroatoms. The zero-order chi connectivity index (χ0) is 15.7. The SMILES string of the molecule is Cc1ccc2[nH]c(C)cc2c1.Cc1ccc2nc(C)[nH]c2c1. The molecule has 0 aliphatic rings. The summed E-state index contributed by atoms with van der Waals surface area (Å²) >= 11 is 0. The summed E-state index contributed by atoms with van der Waals surface area (Å²) in [5.41, 5.74) is 7.21. The van der Waals surface area contributed by atoms with Crippen LogP contribution in [0.15, 0.2) is 42.5 Å². The van der Waals surface area contributed by atoms with Gasteiger partial charge in [-0.15, -0.1) is 0 Å². The van der Waals surface area contributed by atoms with E-state index in [0.717, 1.165) is 16.9 Å². The molecule has 0 radical (unpaired) electrons. The Morgan fingerprint density at radius 1 is 0.727 bits per heavy atom. The Morgan fingerprint density at radius 3 is 2.27 bits per heavy atom. The lowest BCUT2D eigenvalue weighted by Crippen LogP contribution is -1.71. The second kappa shape index (κ2) is 5.68. The summed E-state index contributed by atoms with van der Waals surface area (Å²) in [6.07, 6.45) is 0. The van der Waals surface area contributed by atoms with Crippen LogP contribution in [0.3, 0.4) is 0 Å². The highest BCUT2D eigenvalue weighted by Gasteiger charge is 1.97. The number of fused-ring (bicyclic) bond motifs is 2. The van der Waals surface area contributed by atoms with E-state index < -0.39 is 0 Å². The van der Waals surface area contributed by atoms with Crippen molar-refractivity contribution in [1.29, 1.82) is 0 Å². The van der Waals surface area contributed by atoms with Gasteiger partial charge in [0.05, 0.1) is 11.0 Å². The van der Waals surface area contributed by atoms with Crippen LogP contribution in [0.1, 0.15) is 22.6 Å². The van der Waals surface area contributed by atoms with Crippen LogP contribution in [0, 0.1) is 27.7 Å². The second-order valence-electron chi connectivity index (χ2n) is 5.89. The van der Waals surface area contributed by atoms with Gasteiger partial charge in [-0.25, -0.2) is 4.98 Å². The highest BCUT2D eigenvalue weighted by molar-refractivity contribution is 5.81. The zero-order valence-corrected chi connectivity index (χ0v) is 13.5. The van der Waals surface area contributed by atoms with Gasteiger partial charge in [0.25, 0.3) is 0 Å². The Balaban J connectivity index is 0.000000131. The minimum Gasteiger partial charge on any atom is -0.359 e. The molecule has 0 aliphatic heterocycles. The van der Waals surface area contributed by atoms with E-state index in [1.165, 1.54) is 27.7 Å². The Hall–Kier alpha value is -2.55. The normalized spacial score (nSPS) is 10.7. The predicted molar refractivity (Wildman–Crippen MR) is 93.3 cm³/mol. The number of aromatic amines is 2. The summed E-state index contributed by atoms with van der Waals surface area (Å²) in [5, 5.41) is 1.31. The first kappa shape index (κ1) is 14.4. The van der Waals surface area contributed by atoms with Crippen LogP contribution in [0.4, 0.5) is 0 Å². The fraction of sp³-hybridized carbons (Fsp3) is 0.211. The third-order valence-corrected chi connectivity index (χ3v) is 3.67. The maximum absolute atomic E-state index is 4.30. The van der Waals surface area contributed by atoms with Crippen molar-refractivity contribution in [1.82, 2.24) is 15.0 Å². The molecule has 2 aromatic carbocycles. The van der Waals surface area contributed by atoms with Gasteiger partial charge < -0.3 is 9.97 Å². The number of benzene rings is 2. The van der Waals surface area contributed by atoms with Crippen LogP contribution in [0.25, 0.3) is 21.9 Å². The molecule has 0 bridgehead atoms. The molecule has 112 valence electrons.